The van der Waals surface area contributed by atoms with Gasteiger partial charge in [0.15, 0.2) is 5.16 Å². The van der Waals surface area contributed by atoms with Crippen LogP contribution in [-0.4, -0.2) is 37.9 Å². The summed E-state index contributed by atoms with van der Waals surface area (Å²) in [6, 6.07) is 5.27. The lowest BCUT2D eigenvalue weighted by atomic mass is 10.0. The van der Waals surface area contributed by atoms with E-state index in [4.69, 9.17) is 0 Å². The van der Waals surface area contributed by atoms with Crippen molar-refractivity contribution in [3.63, 3.8) is 0 Å². The Balaban J connectivity index is 1.31. The molecule has 2 heterocycles. The zero-order valence-electron chi connectivity index (χ0n) is 15.4. The molecule has 0 radical (unpaired) electrons. The molecule has 1 amide bonds. The van der Waals surface area contributed by atoms with Crippen LogP contribution in [0, 0.1) is 10.1 Å². The van der Waals surface area contributed by atoms with E-state index in [9.17, 15) is 14.9 Å². The average molecular weight is 399 g/mol. The number of nitro benzene ring substituents is 1. The largest absolute Gasteiger partial charge is 0.311 e. The van der Waals surface area contributed by atoms with Crippen molar-refractivity contribution in [1.82, 2.24) is 14.8 Å². The van der Waals surface area contributed by atoms with Gasteiger partial charge in [0.1, 0.15) is 5.82 Å². The maximum absolute atomic E-state index is 12.9. The molecule has 28 heavy (non-hydrogen) atoms. The van der Waals surface area contributed by atoms with Gasteiger partial charge in [0.25, 0.3) is 5.69 Å². The van der Waals surface area contributed by atoms with Crippen LogP contribution in [-0.2, 0) is 11.2 Å². The van der Waals surface area contributed by atoms with Crippen molar-refractivity contribution in [2.45, 2.75) is 55.6 Å². The maximum Gasteiger partial charge on any atom is 0.269 e. The summed E-state index contributed by atoms with van der Waals surface area (Å²) in [6.45, 7) is 0.646. The van der Waals surface area contributed by atoms with Gasteiger partial charge in [0.2, 0.25) is 5.91 Å². The van der Waals surface area contributed by atoms with Crippen LogP contribution in [0.5, 0.6) is 0 Å². The van der Waals surface area contributed by atoms with Gasteiger partial charge in [-0.2, -0.15) is 0 Å². The molecule has 1 aromatic carbocycles. The number of hydrogen-bond acceptors (Lipinski definition) is 6. The van der Waals surface area contributed by atoms with E-state index in [0.29, 0.717) is 24.3 Å². The van der Waals surface area contributed by atoms with E-state index in [0.717, 1.165) is 47.9 Å². The zero-order chi connectivity index (χ0) is 19.3. The molecule has 2 fully saturated rings. The predicted octanol–water partition coefficient (Wildman–Crippen LogP) is 3.47. The fraction of sp³-hybridized carbons (Fsp3) is 0.526. The summed E-state index contributed by atoms with van der Waals surface area (Å²) in [4.78, 5) is 25.3. The van der Waals surface area contributed by atoms with Crippen molar-refractivity contribution < 1.29 is 9.72 Å². The van der Waals surface area contributed by atoms with Gasteiger partial charge in [-0.1, -0.05) is 11.8 Å². The smallest absolute Gasteiger partial charge is 0.269 e. The molecule has 3 aliphatic rings. The molecule has 146 valence electrons. The second-order valence-corrected chi connectivity index (χ2v) is 8.67. The van der Waals surface area contributed by atoms with Crippen LogP contribution in [0.3, 0.4) is 0 Å². The van der Waals surface area contributed by atoms with Gasteiger partial charge < -0.3 is 9.47 Å². The summed E-state index contributed by atoms with van der Waals surface area (Å²) in [5.41, 5.74) is 1.74. The molecule has 0 unspecified atom stereocenters. The highest BCUT2D eigenvalue weighted by molar-refractivity contribution is 7.99. The minimum Gasteiger partial charge on any atom is -0.311 e. The number of aryl methyl sites for hydroxylation is 1. The van der Waals surface area contributed by atoms with E-state index in [-0.39, 0.29) is 16.5 Å². The van der Waals surface area contributed by atoms with Crippen LogP contribution in [0.15, 0.2) is 23.4 Å². The number of carbonyl (C=O) groups excluding carboxylic acids is 1. The van der Waals surface area contributed by atoms with Crippen molar-refractivity contribution in [1.29, 1.82) is 0 Å². The van der Waals surface area contributed by atoms with Crippen LogP contribution < -0.4 is 4.90 Å². The van der Waals surface area contributed by atoms with Gasteiger partial charge in [0.05, 0.1) is 10.7 Å². The molecule has 2 saturated carbocycles. The van der Waals surface area contributed by atoms with Crippen LogP contribution in [0.25, 0.3) is 0 Å². The third-order valence-electron chi connectivity index (χ3n) is 5.56. The topological polar surface area (TPSA) is 94.2 Å². The average Bonchev–Trinajstić information content (AvgIpc) is 3.63. The third-order valence-corrected chi connectivity index (χ3v) is 6.49. The summed E-state index contributed by atoms with van der Waals surface area (Å²) in [5, 5.41) is 20.6. The Morgan fingerprint density at radius 2 is 2.07 bits per heavy atom. The van der Waals surface area contributed by atoms with Crippen molar-refractivity contribution >= 4 is 29.0 Å². The predicted molar refractivity (Wildman–Crippen MR) is 105 cm³/mol. The number of benzene rings is 1. The Labute approximate surface area is 166 Å². The number of rotatable bonds is 6. The highest BCUT2D eigenvalue weighted by Gasteiger charge is 2.36. The van der Waals surface area contributed by atoms with Crippen molar-refractivity contribution in [3.05, 3.63) is 39.7 Å². The minimum absolute atomic E-state index is 0.0121. The number of amides is 1. The first kappa shape index (κ1) is 17.7. The number of anilines is 1. The molecule has 1 aliphatic heterocycles. The normalized spacial score (nSPS) is 18.8. The second-order valence-electron chi connectivity index (χ2n) is 7.72. The Hall–Kier alpha value is -2.42. The molecule has 5 rings (SSSR count). The zero-order valence-corrected chi connectivity index (χ0v) is 16.2. The van der Waals surface area contributed by atoms with Crippen molar-refractivity contribution in [2.24, 2.45) is 0 Å². The molecule has 0 spiro atoms. The number of aromatic nitrogens is 3. The summed E-state index contributed by atoms with van der Waals surface area (Å²) >= 11 is 1.46. The molecule has 2 aliphatic carbocycles. The molecule has 0 saturated heterocycles. The molecule has 0 atom stereocenters. The van der Waals surface area contributed by atoms with E-state index < -0.39 is 0 Å². The van der Waals surface area contributed by atoms with E-state index >= 15 is 0 Å². The summed E-state index contributed by atoms with van der Waals surface area (Å²) in [5.74, 6) is 1.94. The first-order valence-electron chi connectivity index (χ1n) is 9.77. The third kappa shape index (κ3) is 3.28. The first-order valence-corrected chi connectivity index (χ1v) is 10.8. The SMILES string of the molecule is O=C(CSc1nnc(C2CC2)n1C1CC1)N1CCCc2cc([N+](=O)[O-])ccc21. The molecular formula is C19H21N5O3S. The minimum atomic E-state index is -0.390. The van der Waals surface area contributed by atoms with Crippen molar-refractivity contribution in [3.8, 4) is 0 Å². The molecular weight excluding hydrogens is 378 g/mol. The maximum atomic E-state index is 12.9. The summed E-state index contributed by atoms with van der Waals surface area (Å²) in [7, 11) is 0. The van der Waals surface area contributed by atoms with E-state index in [1.807, 2.05) is 0 Å². The van der Waals surface area contributed by atoms with E-state index in [1.54, 1.807) is 17.0 Å². The van der Waals surface area contributed by atoms with Gasteiger partial charge >= 0.3 is 0 Å². The van der Waals surface area contributed by atoms with Gasteiger partial charge in [-0.15, -0.1) is 10.2 Å². The number of hydrogen-bond donors (Lipinski definition) is 0. The molecule has 2 aromatic rings. The van der Waals surface area contributed by atoms with Crippen molar-refractivity contribution in [2.75, 3.05) is 17.2 Å². The number of non-ortho nitro benzene ring substituents is 1. The first-order chi connectivity index (χ1) is 13.6. The Morgan fingerprint density at radius 3 is 2.79 bits per heavy atom. The Bertz CT molecular complexity index is 951. The lowest BCUT2D eigenvalue weighted by molar-refractivity contribution is -0.384. The molecule has 9 heteroatoms. The standard InChI is InChI=1S/C19H21N5O3S/c25-17(22-9-1-2-13-10-15(24(26)27)7-8-16(13)22)11-28-19-21-20-18(12-3-4-12)23(19)14-5-6-14/h7-8,10,12,14H,1-6,9,11H2. The fourth-order valence-corrected chi connectivity index (χ4v) is 4.73. The number of carbonyl (C=O) groups is 1. The second kappa shape index (κ2) is 6.88. The summed E-state index contributed by atoms with van der Waals surface area (Å²) < 4.78 is 2.25. The monoisotopic (exact) mass is 399 g/mol. The number of nitro groups is 1. The lowest BCUT2D eigenvalue weighted by Gasteiger charge is -2.29. The molecule has 8 nitrogen and oxygen atoms in total. The summed E-state index contributed by atoms with van der Waals surface area (Å²) in [6.07, 6.45) is 6.27. The van der Waals surface area contributed by atoms with Crippen LogP contribution in [0.1, 0.15) is 55.5 Å². The van der Waals surface area contributed by atoms with Crippen LogP contribution in [0.4, 0.5) is 11.4 Å². The molecule has 1 aromatic heterocycles. The van der Waals surface area contributed by atoms with Gasteiger partial charge in [-0.05, 0) is 50.2 Å². The quantitative estimate of drug-likeness (QED) is 0.419. The molecule has 0 bridgehead atoms. The van der Waals surface area contributed by atoms with Gasteiger partial charge in [-0.25, -0.2) is 0 Å². The van der Waals surface area contributed by atoms with Gasteiger partial charge in [-0.3, -0.25) is 14.9 Å². The van der Waals surface area contributed by atoms with Crippen LogP contribution >= 0.6 is 11.8 Å². The Morgan fingerprint density at radius 1 is 1.25 bits per heavy atom. The number of fused-ring (bicyclic) bond motifs is 1. The van der Waals surface area contributed by atoms with Crippen LogP contribution in [0.2, 0.25) is 0 Å². The highest BCUT2D eigenvalue weighted by Crippen LogP contribution is 2.46. The highest BCUT2D eigenvalue weighted by atomic mass is 32.2. The Kier molecular flexibility index (Phi) is 4.34. The molecule has 0 N–H and O–H groups in total. The number of thioether (sulfide) groups is 1. The van der Waals surface area contributed by atoms with Gasteiger partial charge in [0, 0.05) is 36.3 Å². The lowest BCUT2D eigenvalue weighted by Crippen LogP contribution is -2.36. The van der Waals surface area contributed by atoms with E-state index in [2.05, 4.69) is 14.8 Å². The van der Waals surface area contributed by atoms with E-state index in [1.165, 1.54) is 30.7 Å². The fourth-order valence-electron chi connectivity index (χ4n) is 3.84. The number of nitrogens with zero attached hydrogens (tertiary/aromatic N) is 5.